The molecule has 3 nitrogen and oxygen atoms in total. The normalized spacial score (nSPS) is 12.9. The highest BCUT2D eigenvalue weighted by Gasteiger charge is 2.14. The highest BCUT2D eigenvalue weighted by Crippen LogP contribution is 2.21. The Bertz CT molecular complexity index is 363. The van der Waals surface area contributed by atoms with Gasteiger partial charge in [0.05, 0.1) is 6.61 Å². The molecule has 1 aromatic heterocycles. The van der Waals surface area contributed by atoms with E-state index in [-0.39, 0.29) is 6.61 Å². The maximum absolute atomic E-state index is 9.07. The van der Waals surface area contributed by atoms with E-state index in [0.29, 0.717) is 12.0 Å². The Morgan fingerprint density at radius 3 is 2.47 bits per heavy atom. The Morgan fingerprint density at radius 1 is 1.35 bits per heavy atom. The van der Waals surface area contributed by atoms with E-state index in [4.69, 9.17) is 5.11 Å². The van der Waals surface area contributed by atoms with Crippen molar-refractivity contribution in [1.82, 2.24) is 4.98 Å². The van der Waals surface area contributed by atoms with Gasteiger partial charge in [-0.05, 0) is 43.4 Å². The van der Waals surface area contributed by atoms with Crippen LogP contribution in [0.5, 0.6) is 0 Å². The molecule has 0 spiro atoms. The van der Waals surface area contributed by atoms with Gasteiger partial charge in [-0.1, -0.05) is 13.8 Å². The van der Waals surface area contributed by atoms with E-state index in [0.717, 1.165) is 23.4 Å². The van der Waals surface area contributed by atoms with Crippen LogP contribution in [0.15, 0.2) is 12.3 Å². The van der Waals surface area contributed by atoms with Crippen LogP contribution in [-0.2, 0) is 6.61 Å². The molecule has 1 atom stereocenters. The highest BCUT2D eigenvalue weighted by atomic mass is 16.3. The minimum Gasteiger partial charge on any atom is -0.392 e. The van der Waals surface area contributed by atoms with Crippen molar-refractivity contribution in [1.29, 1.82) is 0 Å². The number of nitrogens with zero attached hydrogens (tertiary/aromatic N) is 2. The summed E-state index contributed by atoms with van der Waals surface area (Å²) in [5, 5.41) is 9.07. The molecule has 0 aliphatic heterocycles. The summed E-state index contributed by atoms with van der Waals surface area (Å²) in [6.07, 6.45) is 2.90. The predicted octanol–water partition coefficient (Wildman–Crippen LogP) is 2.75. The van der Waals surface area contributed by atoms with Gasteiger partial charge in [-0.15, -0.1) is 0 Å². The summed E-state index contributed by atoms with van der Waals surface area (Å²) >= 11 is 0. The van der Waals surface area contributed by atoms with Crippen molar-refractivity contribution in [3.05, 3.63) is 23.4 Å². The number of aliphatic hydroxyl groups is 1. The molecule has 0 saturated carbocycles. The van der Waals surface area contributed by atoms with Crippen molar-refractivity contribution in [2.75, 3.05) is 11.9 Å². The maximum Gasteiger partial charge on any atom is 0.131 e. The van der Waals surface area contributed by atoms with Gasteiger partial charge < -0.3 is 10.0 Å². The Kier molecular flexibility index (Phi) is 4.94. The first kappa shape index (κ1) is 14.0. The summed E-state index contributed by atoms with van der Waals surface area (Å²) in [6, 6.07) is 2.47. The fourth-order valence-electron chi connectivity index (χ4n) is 2.13. The van der Waals surface area contributed by atoms with E-state index in [1.54, 1.807) is 6.20 Å². The molecule has 0 aliphatic rings. The van der Waals surface area contributed by atoms with Crippen molar-refractivity contribution in [2.24, 2.45) is 5.92 Å². The van der Waals surface area contributed by atoms with E-state index in [1.165, 1.54) is 0 Å². The van der Waals surface area contributed by atoms with Gasteiger partial charge in [-0.3, -0.25) is 0 Å². The maximum atomic E-state index is 9.07. The van der Waals surface area contributed by atoms with Crippen LogP contribution in [0.1, 0.15) is 38.3 Å². The monoisotopic (exact) mass is 236 g/mol. The second kappa shape index (κ2) is 6.01. The van der Waals surface area contributed by atoms with E-state index in [9.17, 15) is 0 Å². The van der Waals surface area contributed by atoms with Gasteiger partial charge >= 0.3 is 0 Å². The zero-order valence-corrected chi connectivity index (χ0v) is 11.6. The Hall–Kier alpha value is -1.09. The average Bonchev–Trinajstić information content (AvgIpc) is 2.27. The second-order valence-electron chi connectivity index (χ2n) is 5.23. The van der Waals surface area contributed by atoms with Crippen LogP contribution in [-0.4, -0.2) is 23.2 Å². The number of pyridine rings is 1. The summed E-state index contributed by atoms with van der Waals surface area (Å²) in [7, 11) is 2.08. The Balaban J connectivity index is 2.84. The lowest BCUT2D eigenvalue weighted by molar-refractivity contribution is 0.281. The van der Waals surface area contributed by atoms with Crippen molar-refractivity contribution in [3.8, 4) is 0 Å². The van der Waals surface area contributed by atoms with Gasteiger partial charge in [0.25, 0.3) is 0 Å². The van der Waals surface area contributed by atoms with Crippen LogP contribution < -0.4 is 4.90 Å². The quantitative estimate of drug-likeness (QED) is 0.854. The molecule has 0 amide bonds. The Morgan fingerprint density at radius 2 is 2.00 bits per heavy atom. The van der Waals surface area contributed by atoms with Crippen LogP contribution in [0.3, 0.4) is 0 Å². The van der Waals surface area contributed by atoms with E-state index < -0.39 is 0 Å². The lowest BCUT2D eigenvalue weighted by atomic mass is 10.0. The van der Waals surface area contributed by atoms with Crippen molar-refractivity contribution < 1.29 is 5.11 Å². The molecule has 17 heavy (non-hydrogen) atoms. The lowest BCUT2D eigenvalue weighted by Gasteiger charge is -2.28. The first-order chi connectivity index (χ1) is 7.95. The second-order valence-corrected chi connectivity index (χ2v) is 5.23. The van der Waals surface area contributed by atoms with Gasteiger partial charge in [0, 0.05) is 19.3 Å². The van der Waals surface area contributed by atoms with Crippen LogP contribution in [0.4, 0.5) is 5.82 Å². The molecule has 1 rings (SSSR count). The number of rotatable bonds is 5. The smallest absolute Gasteiger partial charge is 0.131 e. The number of aryl methyl sites for hydroxylation is 1. The van der Waals surface area contributed by atoms with E-state index >= 15 is 0 Å². The standard InChI is InChI=1S/C14H24N2O/c1-10(2)6-12(4)16(5)14-11(3)7-13(9-17)8-15-14/h7-8,10,12,17H,6,9H2,1-5H3. The summed E-state index contributed by atoms with van der Waals surface area (Å²) in [5.41, 5.74) is 1.99. The molecule has 3 heteroatoms. The topological polar surface area (TPSA) is 36.4 Å². The molecular formula is C14H24N2O. The molecule has 0 saturated heterocycles. The SMILES string of the molecule is Cc1cc(CO)cnc1N(C)C(C)CC(C)C. The van der Waals surface area contributed by atoms with E-state index in [2.05, 4.69) is 37.7 Å². The third-order valence-electron chi connectivity index (χ3n) is 3.10. The third kappa shape index (κ3) is 3.70. The van der Waals surface area contributed by atoms with Crippen molar-refractivity contribution in [2.45, 2.75) is 46.8 Å². The molecule has 1 aromatic rings. The Labute approximate surface area is 104 Å². The number of aliphatic hydroxyl groups excluding tert-OH is 1. The molecular weight excluding hydrogens is 212 g/mol. The number of anilines is 1. The predicted molar refractivity (Wildman–Crippen MR) is 72.2 cm³/mol. The minimum atomic E-state index is 0.0549. The molecule has 0 radical (unpaired) electrons. The number of aromatic nitrogens is 1. The lowest BCUT2D eigenvalue weighted by Crippen LogP contribution is -2.31. The van der Waals surface area contributed by atoms with Gasteiger partial charge in [0.15, 0.2) is 0 Å². The van der Waals surface area contributed by atoms with Crippen molar-refractivity contribution in [3.63, 3.8) is 0 Å². The zero-order valence-electron chi connectivity index (χ0n) is 11.6. The number of hydrogen-bond donors (Lipinski definition) is 1. The molecule has 1 heterocycles. The third-order valence-corrected chi connectivity index (χ3v) is 3.10. The van der Waals surface area contributed by atoms with Crippen LogP contribution in [0, 0.1) is 12.8 Å². The first-order valence-electron chi connectivity index (χ1n) is 6.25. The van der Waals surface area contributed by atoms with Crippen LogP contribution in [0.25, 0.3) is 0 Å². The first-order valence-corrected chi connectivity index (χ1v) is 6.25. The fraction of sp³-hybridized carbons (Fsp3) is 0.643. The molecule has 1 unspecified atom stereocenters. The largest absolute Gasteiger partial charge is 0.392 e. The van der Waals surface area contributed by atoms with Gasteiger partial charge in [0.2, 0.25) is 0 Å². The molecule has 0 aromatic carbocycles. The van der Waals surface area contributed by atoms with Crippen LogP contribution in [0.2, 0.25) is 0 Å². The molecule has 0 fully saturated rings. The zero-order chi connectivity index (χ0) is 13.0. The molecule has 0 aliphatic carbocycles. The molecule has 0 bridgehead atoms. The van der Waals surface area contributed by atoms with Gasteiger partial charge in [-0.25, -0.2) is 4.98 Å². The highest BCUT2D eigenvalue weighted by molar-refractivity contribution is 5.47. The number of hydrogen-bond acceptors (Lipinski definition) is 3. The van der Waals surface area contributed by atoms with Crippen LogP contribution >= 0.6 is 0 Å². The van der Waals surface area contributed by atoms with Gasteiger partial charge in [-0.2, -0.15) is 0 Å². The fourth-order valence-corrected chi connectivity index (χ4v) is 2.13. The van der Waals surface area contributed by atoms with E-state index in [1.807, 2.05) is 13.0 Å². The molecule has 1 N–H and O–H groups in total. The summed E-state index contributed by atoms with van der Waals surface area (Å²) in [5.74, 6) is 1.69. The van der Waals surface area contributed by atoms with Gasteiger partial charge in [0.1, 0.15) is 5.82 Å². The van der Waals surface area contributed by atoms with Crippen molar-refractivity contribution >= 4 is 5.82 Å². The molecule has 96 valence electrons. The summed E-state index contributed by atoms with van der Waals surface area (Å²) < 4.78 is 0. The summed E-state index contributed by atoms with van der Waals surface area (Å²) in [6.45, 7) is 8.79. The minimum absolute atomic E-state index is 0.0549. The average molecular weight is 236 g/mol. The summed E-state index contributed by atoms with van der Waals surface area (Å²) in [4.78, 5) is 6.66.